The molecule has 0 unspecified atom stereocenters. The van der Waals surface area contributed by atoms with Crippen LogP contribution in [0.4, 0.5) is 4.79 Å². The molecule has 0 aromatic heterocycles. The lowest BCUT2D eigenvalue weighted by Crippen LogP contribution is -2.68. The van der Waals surface area contributed by atoms with E-state index >= 15 is 0 Å². The zero-order chi connectivity index (χ0) is 32.9. The normalized spacial score (nSPS) is 42.8. The number of allylic oxidation sites excluding steroid dienone is 3. The average Bonchev–Trinajstić information content (AvgIpc) is 2.90. The van der Waals surface area contributed by atoms with Crippen molar-refractivity contribution in [3.63, 3.8) is 0 Å². The highest BCUT2D eigenvalue weighted by molar-refractivity contribution is 5.96. The third-order valence-corrected chi connectivity index (χ3v) is 13.2. The highest BCUT2D eigenvalue weighted by Gasteiger charge is 2.71. The Hall–Kier alpha value is -2.82. The summed E-state index contributed by atoms with van der Waals surface area (Å²) in [6, 6.07) is 2.22. The minimum Gasteiger partial charge on any atom is -0.509 e. The number of aliphatic hydroxyl groups is 1. The van der Waals surface area contributed by atoms with E-state index in [1.54, 1.807) is 27.7 Å². The maximum Gasteiger partial charge on any atom is 0.408 e. The molecule has 44 heavy (non-hydrogen) atoms. The summed E-state index contributed by atoms with van der Waals surface area (Å²) in [7, 11) is 1.47. The molecule has 0 spiro atoms. The molecule has 3 fully saturated rings. The minimum absolute atomic E-state index is 0.0117. The smallest absolute Gasteiger partial charge is 0.408 e. The third kappa shape index (κ3) is 4.38. The summed E-state index contributed by atoms with van der Waals surface area (Å²) in [6.07, 6.45) is 6.75. The van der Waals surface area contributed by atoms with Gasteiger partial charge in [0.15, 0.2) is 5.78 Å². The van der Waals surface area contributed by atoms with Crippen LogP contribution in [0.25, 0.3) is 0 Å². The van der Waals surface area contributed by atoms with Crippen molar-refractivity contribution in [2.75, 3.05) is 7.11 Å². The van der Waals surface area contributed by atoms with Crippen LogP contribution in [0.3, 0.4) is 0 Å². The van der Waals surface area contributed by atoms with Crippen LogP contribution in [0.15, 0.2) is 23.0 Å². The molecule has 0 aromatic rings. The number of nitrogens with one attached hydrogen (secondary N) is 1. The van der Waals surface area contributed by atoms with E-state index in [1.807, 2.05) is 6.08 Å². The van der Waals surface area contributed by atoms with Crippen LogP contribution in [-0.4, -0.2) is 41.2 Å². The Morgan fingerprint density at radius 1 is 1.05 bits per heavy atom. The van der Waals surface area contributed by atoms with Gasteiger partial charge in [0.05, 0.1) is 24.2 Å². The fraction of sp³-hybridized carbons (Fsp3) is 0.778. The molecule has 0 bridgehead atoms. The molecule has 8 nitrogen and oxygen atoms in total. The first kappa shape index (κ1) is 32.6. The second-order valence-corrected chi connectivity index (χ2v) is 17.3. The van der Waals surface area contributed by atoms with Gasteiger partial charge in [0, 0.05) is 5.92 Å². The molecule has 2 N–H and O–H groups in total. The highest BCUT2D eigenvalue weighted by atomic mass is 16.6. The van der Waals surface area contributed by atoms with E-state index in [9.17, 15) is 24.8 Å². The Labute approximate surface area is 263 Å². The number of nitriles is 1. The third-order valence-electron chi connectivity index (χ3n) is 13.2. The zero-order valence-corrected chi connectivity index (χ0v) is 28.4. The number of carbonyl (C=O) groups excluding carboxylic acids is 3. The van der Waals surface area contributed by atoms with E-state index in [1.165, 1.54) is 7.11 Å². The molecule has 5 rings (SSSR count). The number of aliphatic hydroxyl groups excluding tert-OH is 1. The number of hydrogen-bond donors (Lipinski definition) is 2. The Morgan fingerprint density at radius 2 is 1.68 bits per heavy atom. The van der Waals surface area contributed by atoms with Gasteiger partial charge in [-0.15, -0.1) is 0 Å². The number of esters is 1. The Balaban J connectivity index is 1.64. The van der Waals surface area contributed by atoms with Gasteiger partial charge < -0.3 is 19.9 Å². The largest absolute Gasteiger partial charge is 0.509 e. The number of methoxy groups -OCH3 is 1. The van der Waals surface area contributed by atoms with E-state index in [-0.39, 0.29) is 58.1 Å². The summed E-state index contributed by atoms with van der Waals surface area (Å²) in [5.41, 5.74) is -2.91. The molecule has 5 aliphatic carbocycles. The van der Waals surface area contributed by atoms with Crippen LogP contribution < -0.4 is 5.32 Å². The minimum atomic E-state index is -1.26. The quantitative estimate of drug-likeness (QED) is 0.314. The lowest BCUT2D eigenvalue weighted by molar-refractivity contribution is -0.191. The number of carbonyl (C=O) groups is 3. The fourth-order valence-corrected chi connectivity index (χ4v) is 10.8. The van der Waals surface area contributed by atoms with Gasteiger partial charge in [-0.05, 0) is 119 Å². The van der Waals surface area contributed by atoms with Crippen molar-refractivity contribution in [1.82, 2.24) is 5.32 Å². The molecule has 0 radical (unpaired) electrons. The Bertz CT molecular complexity index is 1400. The molecule has 1 amide bonds. The Morgan fingerprint density at radius 3 is 2.27 bits per heavy atom. The lowest BCUT2D eigenvalue weighted by Gasteiger charge is -2.69. The fourth-order valence-electron chi connectivity index (χ4n) is 10.8. The zero-order valence-electron chi connectivity index (χ0n) is 28.4. The van der Waals surface area contributed by atoms with Gasteiger partial charge in [0.2, 0.25) is 0 Å². The van der Waals surface area contributed by atoms with Gasteiger partial charge in [-0.3, -0.25) is 9.59 Å². The molecule has 3 saturated carbocycles. The maximum atomic E-state index is 14.6. The second kappa shape index (κ2) is 9.84. The summed E-state index contributed by atoms with van der Waals surface area (Å²) in [6.45, 7) is 18.2. The molecule has 0 aromatic carbocycles. The van der Waals surface area contributed by atoms with Crippen molar-refractivity contribution in [1.29, 1.82) is 5.26 Å². The van der Waals surface area contributed by atoms with Crippen LogP contribution in [-0.2, 0) is 19.1 Å². The van der Waals surface area contributed by atoms with E-state index in [2.05, 4.69) is 46.0 Å². The number of fused-ring (bicyclic) bond motifs is 7. The number of rotatable bonds is 2. The van der Waals surface area contributed by atoms with Crippen molar-refractivity contribution in [3.05, 3.63) is 23.0 Å². The lowest BCUT2D eigenvalue weighted by atomic mass is 9.34. The summed E-state index contributed by atoms with van der Waals surface area (Å²) < 4.78 is 11.0. The Kier molecular flexibility index (Phi) is 7.28. The van der Waals surface area contributed by atoms with Crippen molar-refractivity contribution in [2.45, 2.75) is 125 Å². The van der Waals surface area contributed by atoms with Gasteiger partial charge in [-0.25, -0.2) is 4.79 Å². The van der Waals surface area contributed by atoms with E-state index in [0.29, 0.717) is 12.8 Å². The molecule has 0 aliphatic heterocycles. The van der Waals surface area contributed by atoms with Crippen LogP contribution in [0.2, 0.25) is 0 Å². The summed E-state index contributed by atoms with van der Waals surface area (Å²) in [5.74, 6) is -0.977. The number of nitrogens with zero attached hydrogens (tertiary/aromatic N) is 1. The predicted molar refractivity (Wildman–Crippen MR) is 166 cm³/mol. The van der Waals surface area contributed by atoms with E-state index in [4.69, 9.17) is 9.47 Å². The van der Waals surface area contributed by atoms with Crippen molar-refractivity contribution >= 4 is 17.8 Å². The number of alkyl carbamates (subject to hydrolysis) is 1. The first-order chi connectivity index (χ1) is 20.1. The monoisotopic (exact) mass is 608 g/mol. The number of amides is 1. The van der Waals surface area contributed by atoms with Crippen LogP contribution in [0.1, 0.15) is 114 Å². The second-order valence-electron chi connectivity index (χ2n) is 17.3. The van der Waals surface area contributed by atoms with Gasteiger partial charge in [0.25, 0.3) is 0 Å². The number of hydrogen-bond acceptors (Lipinski definition) is 7. The van der Waals surface area contributed by atoms with Gasteiger partial charge in [0.1, 0.15) is 16.9 Å². The average molecular weight is 609 g/mol. The topological polar surface area (TPSA) is 126 Å². The summed E-state index contributed by atoms with van der Waals surface area (Å²) in [5, 5.41) is 24.6. The van der Waals surface area contributed by atoms with E-state index < -0.39 is 33.5 Å². The first-order valence-electron chi connectivity index (χ1n) is 16.3. The number of ketones is 1. The van der Waals surface area contributed by atoms with Gasteiger partial charge >= 0.3 is 12.1 Å². The molecular formula is C36H52N2O6. The van der Waals surface area contributed by atoms with Crippen LogP contribution in [0.5, 0.6) is 0 Å². The van der Waals surface area contributed by atoms with Gasteiger partial charge in [-0.2, -0.15) is 5.26 Å². The standard InChI is InChI=1S/C36H52N2O6/c1-30(2,3)44-29(42)38-35(9)24-11-12-33(7)25(32(24,6)18-21(20-37)27(35)40)17-23(39)26-22-19-31(4,5)13-15-36(22,28(41)43-10)16-14-34(26,33)8/h17,22,24,26,40H,11-16,18-19H2,1-10H3,(H,38,42)/t22-,24+,26-,32-,33+,34+,35-,36-/m0/s1. The summed E-state index contributed by atoms with van der Waals surface area (Å²) >= 11 is 0. The maximum absolute atomic E-state index is 14.6. The van der Waals surface area contributed by atoms with Crippen molar-refractivity contribution in [2.24, 2.45) is 44.8 Å². The summed E-state index contributed by atoms with van der Waals surface area (Å²) in [4.78, 5) is 41.3. The van der Waals surface area contributed by atoms with Gasteiger partial charge in [-0.1, -0.05) is 40.2 Å². The van der Waals surface area contributed by atoms with Crippen LogP contribution in [0, 0.1) is 56.2 Å². The van der Waals surface area contributed by atoms with Crippen molar-refractivity contribution < 1.29 is 29.0 Å². The van der Waals surface area contributed by atoms with Crippen molar-refractivity contribution in [3.8, 4) is 6.07 Å². The molecule has 242 valence electrons. The molecule has 8 heteroatoms. The molecule has 8 atom stereocenters. The SMILES string of the molecule is COC(=O)[C@]12CCC(C)(C)C[C@H]1[C@H]1C(=O)C=C3[C@@]4(C)CC(C#N)=C(O)[C@@](C)(NC(=O)OC(C)(C)C)[C@@H]4CC[C@@]3(C)[C@]1(C)CC2. The molecule has 5 aliphatic rings. The number of ether oxygens (including phenoxy) is 2. The molecule has 0 heterocycles. The predicted octanol–water partition coefficient (Wildman–Crippen LogP) is 7.34. The first-order valence-corrected chi connectivity index (χ1v) is 16.3. The highest BCUT2D eigenvalue weighted by Crippen LogP contribution is 2.74. The molecule has 0 saturated heterocycles. The van der Waals surface area contributed by atoms with Crippen LogP contribution >= 0.6 is 0 Å². The molecular weight excluding hydrogens is 556 g/mol. The van der Waals surface area contributed by atoms with E-state index in [0.717, 1.165) is 37.7 Å².